The lowest BCUT2D eigenvalue weighted by Crippen LogP contribution is -2.24. The number of ether oxygens (including phenoxy) is 2. The predicted octanol–water partition coefficient (Wildman–Crippen LogP) is 2.99. The van der Waals surface area contributed by atoms with E-state index in [0.29, 0.717) is 5.88 Å². The van der Waals surface area contributed by atoms with E-state index in [1.54, 1.807) is 20.4 Å². The normalized spacial score (nSPS) is 12.0. The van der Waals surface area contributed by atoms with Crippen LogP contribution >= 0.6 is 0 Å². The zero-order chi connectivity index (χ0) is 15.1. The molecule has 1 unspecified atom stereocenters. The van der Waals surface area contributed by atoms with Crippen LogP contribution in [0.2, 0.25) is 0 Å². The van der Waals surface area contributed by atoms with Crippen molar-refractivity contribution in [1.29, 1.82) is 0 Å². The zero-order valence-corrected chi connectivity index (χ0v) is 12.8. The number of benzene rings is 1. The summed E-state index contributed by atoms with van der Waals surface area (Å²) in [6.07, 6.45) is 2.56. The quantitative estimate of drug-likeness (QED) is 0.849. The van der Waals surface area contributed by atoms with Gasteiger partial charge in [-0.05, 0) is 30.7 Å². The zero-order valence-electron chi connectivity index (χ0n) is 12.8. The number of nitrogens with one attached hydrogen (secondary N) is 1. The Kier molecular flexibility index (Phi) is 5.58. The molecule has 4 heteroatoms. The Morgan fingerprint density at radius 2 is 1.90 bits per heavy atom. The molecule has 1 aromatic carbocycles. The lowest BCUT2D eigenvalue weighted by Gasteiger charge is -2.21. The lowest BCUT2D eigenvalue weighted by atomic mass is 9.99. The fourth-order valence-corrected chi connectivity index (χ4v) is 2.47. The van der Waals surface area contributed by atoms with Gasteiger partial charge in [0.25, 0.3) is 0 Å². The van der Waals surface area contributed by atoms with Crippen molar-refractivity contribution in [3.63, 3.8) is 0 Å². The van der Waals surface area contributed by atoms with Gasteiger partial charge in [-0.1, -0.05) is 31.2 Å². The Hall–Kier alpha value is -2.07. The average Bonchev–Trinajstić information content (AvgIpc) is 2.55. The maximum absolute atomic E-state index is 5.44. The van der Waals surface area contributed by atoms with Crippen molar-refractivity contribution in [3.8, 4) is 11.6 Å². The standard InChI is InChI=1S/C17H22N2O2/c1-4-18-15(14-9-7-11-19-17(14)21-3)12-13-8-5-6-10-16(13)20-2/h5-11,15,18H,4,12H2,1-3H3. The van der Waals surface area contributed by atoms with E-state index in [-0.39, 0.29) is 6.04 Å². The molecular weight excluding hydrogens is 264 g/mol. The van der Waals surface area contributed by atoms with Gasteiger partial charge in [0, 0.05) is 17.8 Å². The van der Waals surface area contributed by atoms with Crippen molar-refractivity contribution in [1.82, 2.24) is 10.3 Å². The number of likely N-dealkylation sites (N-methyl/N-ethyl adjacent to an activating group) is 1. The van der Waals surface area contributed by atoms with Crippen LogP contribution in [-0.2, 0) is 6.42 Å². The molecule has 0 spiro atoms. The molecule has 1 aromatic heterocycles. The average molecular weight is 286 g/mol. The summed E-state index contributed by atoms with van der Waals surface area (Å²) < 4.78 is 10.8. The highest BCUT2D eigenvalue weighted by Gasteiger charge is 2.18. The predicted molar refractivity (Wildman–Crippen MR) is 83.9 cm³/mol. The molecule has 0 saturated carbocycles. The third-order valence-electron chi connectivity index (χ3n) is 3.44. The minimum absolute atomic E-state index is 0.134. The van der Waals surface area contributed by atoms with Gasteiger partial charge in [-0.25, -0.2) is 4.98 Å². The molecule has 0 radical (unpaired) electrons. The summed E-state index contributed by atoms with van der Waals surface area (Å²) in [7, 11) is 3.35. The number of hydrogen-bond acceptors (Lipinski definition) is 4. The first-order chi connectivity index (χ1) is 10.3. The van der Waals surface area contributed by atoms with Crippen molar-refractivity contribution in [2.24, 2.45) is 0 Å². The van der Waals surface area contributed by atoms with Crippen molar-refractivity contribution in [3.05, 3.63) is 53.7 Å². The summed E-state index contributed by atoms with van der Waals surface area (Å²) in [5.41, 5.74) is 2.23. The molecule has 0 aliphatic rings. The number of nitrogens with zero attached hydrogens (tertiary/aromatic N) is 1. The van der Waals surface area contributed by atoms with Gasteiger partial charge in [-0.3, -0.25) is 0 Å². The van der Waals surface area contributed by atoms with Gasteiger partial charge in [0.05, 0.1) is 14.2 Å². The van der Waals surface area contributed by atoms with Crippen LogP contribution in [0, 0.1) is 0 Å². The van der Waals surface area contributed by atoms with Crippen LogP contribution in [-0.4, -0.2) is 25.7 Å². The first-order valence-electron chi connectivity index (χ1n) is 7.14. The van der Waals surface area contributed by atoms with Crippen molar-refractivity contribution in [2.45, 2.75) is 19.4 Å². The second kappa shape index (κ2) is 7.64. The van der Waals surface area contributed by atoms with Crippen molar-refractivity contribution in [2.75, 3.05) is 20.8 Å². The molecule has 1 heterocycles. The molecule has 1 atom stereocenters. The number of methoxy groups -OCH3 is 2. The maximum atomic E-state index is 5.44. The third kappa shape index (κ3) is 3.73. The fraction of sp³-hybridized carbons (Fsp3) is 0.353. The Morgan fingerprint density at radius 3 is 2.62 bits per heavy atom. The first kappa shape index (κ1) is 15.3. The molecule has 0 aliphatic heterocycles. The second-order valence-corrected chi connectivity index (χ2v) is 4.73. The van der Waals surface area contributed by atoms with Crippen LogP contribution in [0.1, 0.15) is 24.1 Å². The van der Waals surface area contributed by atoms with Gasteiger partial charge in [0.15, 0.2) is 0 Å². The van der Waals surface area contributed by atoms with Crippen LogP contribution in [0.15, 0.2) is 42.6 Å². The van der Waals surface area contributed by atoms with Crippen molar-refractivity contribution < 1.29 is 9.47 Å². The molecular formula is C17H22N2O2. The Labute approximate surface area is 126 Å². The van der Waals surface area contributed by atoms with E-state index in [4.69, 9.17) is 9.47 Å². The van der Waals surface area contributed by atoms with E-state index in [1.165, 1.54) is 0 Å². The van der Waals surface area contributed by atoms with E-state index in [2.05, 4.69) is 29.4 Å². The van der Waals surface area contributed by atoms with E-state index in [0.717, 1.165) is 29.8 Å². The van der Waals surface area contributed by atoms with Crippen LogP contribution in [0.4, 0.5) is 0 Å². The van der Waals surface area contributed by atoms with Gasteiger partial charge in [-0.15, -0.1) is 0 Å². The SMILES string of the molecule is CCNC(Cc1ccccc1OC)c1cccnc1OC. The molecule has 0 bridgehead atoms. The molecule has 0 aliphatic carbocycles. The van der Waals surface area contributed by atoms with Crippen molar-refractivity contribution >= 4 is 0 Å². The van der Waals surface area contributed by atoms with E-state index >= 15 is 0 Å². The lowest BCUT2D eigenvalue weighted by molar-refractivity contribution is 0.380. The summed E-state index contributed by atoms with van der Waals surface area (Å²) in [5.74, 6) is 1.57. The van der Waals surface area contributed by atoms with Gasteiger partial charge >= 0.3 is 0 Å². The summed E-state index contributed by atoms with van der Waals surface area (Å²) in [6.45, 7) is 2.97. The van der Waals surface area contributed by atoms with Gasteiger partial charge in [0.1, 0.15) is 5.75 Å². The second-order valence-electron chi connectivity index (χ2n) is 4.73. The van der Waals surface area contributed by atoms with E-state index < -0.39 is 0 Å². The Balaban J connectivity index is 2.31. The molecule has 0 amide bonds. The Bertz CT molecular complexity index is 572. The number of hydrogen-bond donors (Lipinski definition) is 1. The van der Waals surface area contributed by atoms with Gasteiger partial charge < -0.3 is 14.8 Å². The summed E-state index contributed by atoms with van der Waals surface area (Å²) in [5, 5.41) is 3.50. The van der Waals surface area contributed by atoms with Crippen LogP contribution < -0.4 is 14.8 Å². The number of rotatable bonds is 7. The summed E-state index contributed by atoms with van der Waals surface area (Å²) >= 11 is 0. The van der Waals surface area contributed by atoms with E-state index in [9.17, 15) is 0 Å². The molecule has 0 fully saturated rings. The largest absolute Gasteiger partial charge is 0.496 e. The van der Waals surface area contributed by atoms with Crippen LogP contribution in [0.3, 0.4) is 0 Å². The third-order valence-corrected chi connectivity index (χ3v) is 3.44. The molecule has 0 saturated heterocycles. The smallest absolute Gasteiger partial charge is 0.217 e. The first-order valence-corrected chi connectivity index (χ1v) is 7.14. The van der Waals surface area contributed by atoms with Gasteiger partial charge in [0.2, 0.25) is 5.88 Å². The molecule has 4 nitrogen and oxygen atoms in total. The van der Waals surface area contributed by atoms with Crippen LogP contribution in [0.25, 0.3) is 0 Å². The summed E-state index contributed by atoms with van der Waals surface area (Å²) in [4.78, 5) is 4.29. The van der Waals surface area contributed by atoms with Gasteiger partial charge in [-0.2, -0.15) is 0 Å². The summed E-state index contributed by atoms with van der Waals surface area (Å²) in [6, 6.07) is 12.2. The molecule has 21 heavy (non-hydrogen) atoms. The fourth-order valence-electron chi connectivity index (χ4n) is 2.47. The topological polar surface area (TPSA) is 43.4 Å². The Morgan fingerprint density at radius 1 is 1.10 bits per heavy atom. The highest BCUT2D eigenvalue weighted by atomic mass is 16.5. The monoisotopic (exact) mass is 286 g/mol. The molecule has 2 aromatic rings. The highest BCUT2D eigenvalue weighted by Crippen LogP contribution is 2.28. The molecule has 112 valence electrons. The number of para-hydroxylation sites is 1. The maximum Gasteiger partial charge on any atom is 0.217 e. The molecule has 2 rings (SSSR count). The molecule has 1 N–H and O–H groups in total. The minimum Gasteiger partial charge on any atom is -0.496 e. The number of pyridine rings is 1. The van der Waals surface area contributed by atoms with Crippen LogP contribution in [0.5, 0.6) is 11.6 Å². The number of aromatic nitrogens is 1. The minimum atomic E-state index is 0.134. The van der Waals surface area contributed by atoms with E-state index in [1.807, 2.05) is 24.3 Å². The highest BCUT2D eigenvalue weighted by molar-refractivity contribution is 5.37.